The first-order valence-corrected chi connectivity index (χ1v) is 6.91. The van der Waals surface area contributed by atoms with E-state index < -0.39 is 0 Å². The van der Waals surface area contributed by atoms with Crippen LogP contribution in [0.4, 0.5) is 0 Å². The van der Waals surface area contributed by atoms with Gasteiger partial charge in [0.15, 0.2) is 0 Å². The minimum absolute atomic E-state index is 0.257. The van der Waals surface area contributed by atoms with Crippen molar-refractivity contribution in [3.05, 3.63) is 34.9 Å². The number of hydrogen-bond donors (Lipinski definition) is 2. The lowest BCUT2D eigenvalue weighted by atomic mass is 9.90. The smallest absolute Gasteiger partial charge is 0.000825 e. The summed E-state index contributed by atoms with van der Waals surface area (Å²) in [5, 5.41) is 3.51. The third-order valence-corrected chi connectivity index (χ3v) is 3.60. The monoisotopic (exact) mass is 248 g/mol. The van der Waals surface area contributed by atoms with Gasteiger partial charge in [0.25, 0.3) is 0 Å². The number of benzene rings is 1. The molecule has 0 aromatic heterocycles. The van der Waals surface area contributed by atoms with E-state index in [1.54, 1.807) is 0 Å². The fourth-order valence-electron chi connectivity index (χ4n) is 2.00. The SMILES string of the molecule is Cc1ccc(CCNCCC(C)(C)CN)c(C)c1. The van der Waals surface area contributed by atoms with Crippen LogP contribution in [0.3, 0.4) is 0 Å². The lowest BCUT2D eigenvalue weighted by molar-refractivity contribution is 0.340. The molecule has 0 aliphatic heterocycles. The molecule has 1 rings (SSSR count). The summed E-state index contributed by atoms with van der Waals surface area (Å²) in [5.74, 6) is 0. The molecule has 0 amide bonds. The summed E-state index contributed by atoms with van der Waals surface area (Å²) in [5.41, 5.74) is 10.2. The molecule has 0 saturated heterocycles. The van der Waals surface area contributed by atoms with Gasteiger partial charge in [0.1, 0.15) is 0 Å². The van der Waals surface area contributed by atoms with Gasteiger partial charge in [-0.05, 0) is 62.9 Å². The van der Waals surface area contributed by atoms with Crippen molar-refractivity contribution < 1.29 is 0 Å². The zero-order valence-electron chi connectivity index (χ0n) is 12.3. The molecular formula is C16H28N2. The fraction of sp³-hybridized carbons (Fsp3) is 0.625. The number of nitrogens with one attached hydrogen (secondary N) is 1. The molecule has 0 atom stereocenters. The standard InChI is InChI=1S/C16H28N2/c1-13-5-6-15(14(2)11-13)7-9-18-10-8-16(3,4)12-17/h5-6,11,18H,7-10,12,17H2,1-4H3. The van der Waals surface area contributed by atoms with Gasteiger partial charge in [-0.25, -0.2) is 0 Å². The fourth-order valence-corrected chi connectivity index (χ4v) is 2.00. The summed E-state index contributed by atoms with van der Waals surface area (Å²) in [6.45, 7) is 11.6. The van der Waals surface area contributed by atoms with Gasteiger partial charge in [-0.1, -0.05) is 37.6 Å². The highest BCUT2D eigenvalue weighted by Crippen LogP contribution is 2.16. The van der Waals surface area contributed by atoms with Crippen LogP contribution in [0.2, 0.25) is 0 Å². The second kappa shape index (κ2) is 6.91. The van der Waals surface area contributed by atoms with Gasteiger partial charge in [0.05, 0.1) is 0 Å². The summed E-state index contributed by atoms with van der Waals surface area (Å²) in [6, 6.07) is 6.70. The van der Waals surface area contributed by atoms with Crippen molar-refractivity contribution in [1.29, 1.82) is 0 Å². The lowest BCUT2D eigenvalue weighted by Gasteiger charge is -2.22. The van der Waals surface area contributed by atoms with E-state index in [-0.39, 0.29) is 5.41 Å². The number of hydrogen-bond acceptors (Lipinski definition) is 2. The van der Waals surface area contributed by atoms with E-state index in [9.17, 15) is 0 Å². The van der Waals surface area contributed by atoms with Crippen LogP contribution >= 0.6 is 0 Å². The maximum atomic E-state index is 5.72. The van der Waals surface area contributed by atoms with Crippen LogP contribution < -0.4 is 11.1 Å². The van der Waals surface area contributed by atoms with Crippen LogP contribution in [-0.2, 0) is 6.42 Å². The van der Waals surface area contributed by atoms with E-state index in [1.807, 2.05) is 0 Å². The molecule has 0 radical (unpaired) electrons. The molecule has 3 N–H and O–H groups in total. The minimum Gasteiger partial charge on any atom is -0.330 e. The number of aryl methyl sites for hydroxylation is 2. The zero-order valence-corrected chi connectivity index (χ0v) is 12.3. The van der Waals surface area contributed by atoms with Gasteiger partial charge < -0.3 is 11.1 Å². The second-order valence-corrected chi connectivity index (χ2v) is 6.05. The molecule has 18 heavy (non-hydrogen) atoms. The van der Waals surface area contributed by atoms with Crippen LogP contribution in [0.15, 0.2) is 18.2 Å². The average Bonchev–Trinajstić information content (AvgIpc) is 2.31. The van der Waals surface area contributed by atoms with Crippen molar-refractivity contribution in [3.63, 3.8) is 0 Å². The van der Waals surface area contributed by atoms with Crippen molar-refractivity contribution in [1.82, 2.24) is 5.32 Å². The van der Waals surface area contributed by atoms with E-state index in [0.717, 1.165) is 32.5 Å². The second-order valence-electron chi connectivity index (χ2n) is 6.05. The molecule has 0 unspecified atom stereocenters. The largest absolute Gasteiger partial charge is 0.330 e. The van der Waals surface area contributed by atoms with Crippen LogP contribution in [0, 0.1) is 19.3 Å². The summed E-state index contributed by atoms with van der Waals surface area (Å²) in [4.78, 5) is 0. The van der Waals surface area contributed by atoms with Crippen LogP contribution in [-0.4, -0.2) is 19.6 Å². The molecule has 0 saturated carbocycles. The van der Waals surface area contributed by atoms with Crippen LogP contribution in [0.5, 0.6) is 0 Å². The van der Waals surface area contributed by atoms with Gasteiger partial charge in [0.2, 0.25) is 0 Å². The molecule has 0 aliphatic carbocycles. The van der Waals surface area contributed by atoms with Crippen LogP contribution in [0.1, 0.15) is 37.0 Å². The molecule has 0 fully saturated rings. The van der Waals surface area contributed by atoms with E-state index in [4.69, 9.17) is 5.73 Å². The Bertz CT molecular complexity index is 369. The van der Waals surface area contributed by atoms with Crippen molar-refractivity contribution in [2.45, 2.75) is 40.5 Å². The summed E-state index contributed by atoms with van der Waals surface area (Å²) in [7, 11) is 0. The Hall–Kier alpha value is -0.860. The third-order valence-electron chi connectivity index (χ3n) is 3.60. The summed E-state index contributed by atoms with van der Waals surface area (Å²) < 4.78 is 0. The van der Waals surface area contributed by atoms with Crippen molar-refractivity contribution in [2.24, 2.45) is 11.1 Å². The maximum Gasteiger partial charge on any atom is -0.000825 e. The van der Waals surface area contributed by atoms with Gasteiger partial charge in [-0.15, -0.1) is 0 Å². The van der Waals surface area contributed by atoms with Crippen molar-refractivity contribution >= 4 is 0 Å². The highest BCUT2D eigenvalue weighted by Gasteiger charge is 2.14. The van der Waals surface area contributed by atoms with E-state index in [0.29, 0.717) is 0 Å². The van der Waals surface area contributed by atoms with E-state index >= 15 is 0 Å². The first-order chi connectivity index (χ1) is 8.44. The third kappa shape index (κ3) is 5.19. The van der Waals surface area contributed by atoms with Gasteiger partial charge >= 0.3 is 0 Å². The topological polar surface area (TPSA) is 38.0 Å². The normalized spacial score (nSPS) is 11.8. The Morgan fingerprint density at radius 3 is 2.50 bits per heavy atom. The molecule has 2 nitrogen and oxygen atoms in total. The molecule has 0 spiro atoms. The molecular weight excluding hydrogens is 220 g/mol. The van der Waals surface area contributed by atoms with Gasteiger partial charge in [0, 0.05) is 0 Å². The lowest BCUT2D eigenvalue weighted by Crippen LogP contribution is -2.29. The summed E-state index contributed by atoms with van der Waals surface area (Å²) >= 11 is 0. The molecule has 0 bridgehead atoms. The number of rotatable bonds is 7. The van der Waals surface area contributed by atoms with Gasteiger partial charge in [-0.2, -0.15) is 0 Å². The molecule has 1 aromatic rings. The van der Waals surface area contributed by atoms with Crippen molar-refractivity contribution in [2.75, 3.05) is 19.6 Å². The molecule has 0 heterocycles. The molecule has 0 aliphatic rings. The van der Waals surface area contributed by atoms with E-state index in [2.05, 4.69) is 51.2 Å². The first kappa shape index (κ1) is 15.2. The Morgan fingerprint density at radius 2 is 1.89 bits per heavy atom. The average molecular weight is 248 g/mol. The zero-order chi connectivity index (χ0) is 13.6. The van der Waals surface area contributed by atoms with E-state index in [1.165, 1.54) is 16.7 Å². The molecule has 2 heteroatoms. The predicted molar refractivity (Wildman–Crippen MR) is 79.9 cm³/mol. The predicted octanol–water partition coefficient (Wildman–Crippen LogP) is 2.81. The Labute approximate surface area is 112 Å². The summed E-state index contributed by atoms with van der Waals surface area (Å²) in [6.07, 6.45) is 2.24. The Kier molecular flexibility index (Phi) is 5.83. The maximum absolute atomic E-state index is 5.72. The first-order valence-electron chi connectivity index (χ1n) is 6.91. The molecule has 1 aromatic carbocycles. The quantitative estimate of drug-likeness (QED) is 0.728. The van der Waals surface area contributed by atoms with Crippen LogP contribution in [0.25, 0.3) is 0 Å². The highest BCUT2D eigenvalue weighted by atomic mass is 14.8. The molecule has 102 valence electrons. The highest BCUT2D eigenvalue weighted by molar-refractivity contribution is 5.30. The minimum atomic E-state index is 0.257. The van der Waals surface area contributed by atoms with Gasteiger partial charge in [-0.3, -0.25) is 0 Å². The van der Waals surface area contributed by atoms with Crippen molar-refractivity contribution in [3.8, 4) is 0 Å². The number of nitrogens with two attached hydrogens (primary N) is 1. The Balaban J connectivity index is 2.26. The Morgan fingerprint density at radius 1 is 1.17 bits per heavy atom.